The SMILES string of the molecule is CC(C)(O)CCC(C)(C)O.Cc1cc(C)c(C(=O)C(=O)O)c(C)c1.O=C(O)c1ccccc1. The molecule has 0 fully saturated rings. The largest absolute Gasteiger partial charge is 0.478 e. The average molecular weight is 461 g/mol. The fourth-order valence-corrected chi connectivity index (χ4v) is 2.84. The van der Waals surface area contributed by atoms with Crippen LogP contribution in [-0.2, 0) is 4.79 Å². The lowest BCUT2D eigenvalue weighted by Crippen LogP contribution is -2.26. The Bertz CT molecular complexity index is 896. The van der Waals surface area contributed by atoms with Gasteiger partial charge in [0.25, 0.3) is 5.78 Å². The Morgan fingerprint density at radius 3 is 1.42 bits per heavy atom. The van der Waals surface area contributed by atoms with Crippen molar-refractivity contribution in [3.8, 4) is 0 Å². The van der Waals surface area contributed by atoms with Crippen molar-refractivity contribution in [3.05, 3.63) is 70.3 Å². The minimum atomic E-state index is -1.40. The lowest BCUT2D eigenvalue weighted by molar-refractivity contribution is -0.131. The lowest BCUT2D eigenvalue weighted by atomic mass is 9.94. The highest BCUT2D eigenvalue weighted by molar-refractivity contribution is 6.40. The number of aromatic carboxylic acids is 1. The number of benzene rings is 2. The minimum absolute atomic E-state index is 0.308. The molecule has 0 aliphatic heterocycles. The molecule has 0 bridgehead atoms. The number of hydrogen-bond donors (Lipinski definition) is 4. The summed E-state index contributed by atoms with van der Waals surface area (Å²) in [5, 5.41) is 35.5. The van der Waals surface area contributed by atoms with Gasteiger partial charge in [0.05, 0.1) is 16.8 Å². The smallest absolute Gasteiger partial charge is 0.377 e. The Balaban J connectivity index is 0.000000481. The average Bonchev–Trinajstić information content (AvgIpc) is 2.66. The molecule has 4 N–H and O–H groups in total. The molecule has 2 rings (SSSR count). The topological polar surface area (TPSA) is 132 Å². The maximum absolute atomic E-state index is 11.3. The molecule has 0 unspecified atom stereocenters. The van der Waals surface area contributed by atoms with Crippen LogP contribution >= 0.6 is 0 Å². The standard InChI is InChI=1S/C11H12O3.C8H18O2.C7H6O2/c1-6-4-7(2)9(8(3)5-6)10(12)11(13)14;1-7(2,9)5-6-8(3,4)10;8-7(9)6-4-2-1-3-5-6/h4-5H,1-3H3,(H,13,14);9-10H,5-6H2,1-4H3;1-5H,(H,8,9). The van der Waals surface area contributed by atoms with Gasteiger partial charge in [-0.15, -0.1) is 0 Å². The predicted molar refractivity (Wildman–Crippen MR) is 128 cm³/mol. The third kappa shape index (κ3) is 13.2. The first-order valence-corrected chi connectivity index (χ1v) is 10.5. The van der Waals surface area contributed by atoms with Crippen molar-refractivity contribution in [2.24, 2.45) is 0 Å². The van der Waals surface area contributed by atoms with Crippen LogP contribution in [-0.4, -0.2) is 49.4 Å². The number of aliphatic hydroxyl groups is 2. The highest BCUT2D eigenvalue weighted by Gasteiger charge is 2.20. The molecule has 33 heavy (non-hydrogen) atoms. The molecule has 0 saturated carbocycles. The molecule has 0 aliphatic rings. The Morgan fingerprint density at radius 2 is 1.15 bits per heavy atom. The normalized spacial score (nSPS) is 10.8. The number of Topliss-reactive ketones (excluding diaryl/α,β-unsaturated/α-hetero) is 1. The third-order valence-corrected chi connectivity index (χ3v) is 4.47. The molecule has 0 amide bonds. The molecule has 0 atom stereocenters. The maximum atomic E-state index is 11.3. The summed E-state index contributed by atoms with van der Waals surface area (Å²) in [4.78, 5) is 32.0. The lowest BCUT2D eigenvalue weighted by Gasteiger charge is -2.23. The first-order chi connectivity index (χ1) is 14.9. The van der Waals surface area contributed by atoms with Gasteiger partial charge in [0, 0.05) is 5.56 Å². The fourth-order valence-electron chi connectivity index (χ4n) is 2.84. The van der Waals surface area contributed by atoms with Gasteiger partial charge in [-0.3, -0.25) is 4.79 Å². The Hall–Kier alpha value is -3.03. The van der Waals surface area contributed by atoms with E-state index in [1.165, 1.54) is 0 Å². The number of rotatable bonds is 6. The summed E-state index contributed by atoms with van der Waals surface area (Å²) in [5.74, 6) is -3.12. The molecule has 0 aromatic heterocycles. The van der Waals surface area contributed by atoms with Gasteiger partial charge in [0.2, 0.25) is 0 Å². The van der Waals surface area contributed by atoms with Crippen molar-refractivity contribution in [1.82, 2.24) is 0 Å². The van der Waals surface area contributed by atoms with Gasteiger partial charge < -0.3 is 20.4 Å². The fraction of sp³-hybridized carbons (Fsp3) is 0.423. The number of ketones is 1. The van der Waals surface area contributed by atoms with E-state index in [1.54, 1.807) is 71.9 Å². The van der Waals surface area contributed by atoms with Crippen LogP contribution in [0.4, 0.5) is 0 Å². The quantitative estimate of drug-likeness (QED) is 0.367. The highest BCUT2D eigenvalue weighted by Crippen LogP contribution is 2.18. The maximum Gasteiger partial charge on any atom is 0.377 e. The molecule has 2 aromatic carbocycles. The Morgan fingerprint density at radius 1 is 0.758 bits per heavy atom. The molecule has 7 heteroatoms. The second-order valence-electron chi connectivity index (χ2n) is 9.20. The second kappa shape index (κ2) is 12.9. The van der Waals surface area contributed by atoms with E-state index in [2.05, 4.69) is 0 Å². The molecule has 7 nitrogen and oxygen atoms in total. The van der Waals surface area contributed by atoms with E-state index in [9.17, 15) is 24.6 Å². The van der Waals surface area contributed by atoms with Crippen molar-refractivity contribution in [2.45, 2.75) is 72.5 Å². The minimum Gasteiger partial charge on any atom is -0.478 e. The van der Waals surface area contributed by atoms with E-state index in [0.717, 1.165) is 16.7 Å². The van der Waals surface area contributed by atoms with Crippen molar-refractivity contribution in [3.63, 3.8) is 0 Å². The summed E-state index contributed by atoms with van der Waals surface area (Å²) >= 11 is 0. The van der Waals surface area contributed by atoms with E-state index in [1.807, 2.05) is 19.1 Å². The molecule has 0 spiro atoms. The first-order valence-electron chi connectivity index (χ1n) is 10.5. The molecule has 0 aliphatic carbocycles. The zero-order chi connectivity index (χ0) is 26.0. The summed E-state index contributed by atoms with van der Waals surface area (Å²) in [6.45, 7) is 12.4. The van der Waals surface area contributed by atoms with Gasteiger partial charge in [0.15, 0.2) is 0 Å². The first kappa shape index (κ1) is 30.0. The van der Waals surface area contributed by atoms with Crippen LogP contribution in [0.5, 0.6) is 0 Å². The Labute approximate surface area is 195 Å². The second-order valence-corrected chi connectivity index (χ2v) is 9.20. The zero-order valence-electron chi connectivity index (χ0n) is 20.5. The summed E-state index contributed by atoms with van der Waals surface area (Å²) in [6.07, 6.45) is 1.27. The molecular weight excluding hydrogens is 424 g/mol. The van der Waals surface area contributed by atoms with Gasteiger partial charge in [-0.25, -0.2) is 9.59 Å². The van der Waals surface area contributed by atoms with Gasteiger partial charge in [-0.05, 0) is 84.6 Å². The number of aryl methyl sites for hydroxylation is 3. The van der Waals surface area contributed by atoms with E-state index in [0.29, 0.717) is 24.0 Å². The monoisotopic (exact) mass is 460 g/mol. The van der Waals surface area contributed by atoms with Crippen LogP contribution in [0, 0.1) is 20.8 Å². The number of carboxylic acids is 2. The predicted octanol–water partition coefficient (Wildman–Crippen LogP) is 4.57. The summed E-state index contributed by atoms with van der Waals surface area (Å²) in [7, 11) is 0. The van der Waals surface area contributed by atoms with Crippen LogP contribution in [0.1, 0.15) is 77.9 Å². The van der Waals surface area contributed by atoms with Crippen LogP contribution in [0.2, 0.25) is 0 Å². The molecule has 0 heterocycles. The third-order valence-electron chi connectivity index (χ3n) is 4.47. The van der Waals surface area contributed by atoms with Crippen LogP contribution in [0.15, 0.2) is 42.5 Å². The van der Waals surface area contributed by atoms with Crippen LogP contribution < -0.4 is 0 Å². The van der Waals surface area contributed by atoms with E-state index >= 15 is 0 Å². The number of carboxylic acid groups (broad SMARTS) is 2. The number of carbonyl (C=O) groups excluding carboxylic acids is 1. The van der Waals surface area contributed by atoms with Crippen LogP contribution in [0.3, 0.4) is 0 Å². The van der Waals surface area contributed by atoms with Gasteiger partial charge >= 0.3 is 11.9 Å². The number of carbonyl (C=O) groups is 3. The molecular formula is C26H36O7. The van der Waals surface area contributed by atoms with E-state index in [-0.39, 0.29) is 0 Å². The zero-order valence-corrected chi connectivity index (χ0v) is 20.5. The molecule has 182 valence electrons. The Kier molecular flexibility index (Phi) is 11.7. The number of aliphatic carboxylic acids is 1. The highest BCUT2D eigenvalue weighted by atomic mass is 16.4. The van der Waals surface area contributed by atoms with Gasteiger partial charge in [0.1, 0.15) is 0 Å². The van der Waals surface area contributed by atoms with Crippen molar-refractivity contribution in [2.75, 3.05) is 0 Å². The van der Waals surface area contributed by atoms with Crippen molar-refractivity contribution < 1.29 is 34.8 Å². The van der Waals surface area contributed by atoms with E-state index < -0.39 is 28.9 Å². The summed E-state index contributed by atoms with van der Waals surface area (Å²) in [6, 6.07) is 11.9. The summed E-state index contributed by atoms with van der Waals surface area (Å²) in [5.41, 5.74) is 1.80. The van der Waals surface area contributed by atoms with E-state index in [4.69, 9.17) is 10.2 Å². The van der Waals surface area contributed by atoms with Gasteiger partial charge in [-0.2, -0.15) is 0 Å². The number of hydrogen-bond acceptors (Lipinski definition) is 5. The molecule has 0 radical (unpaired) electrons. The van der Waals surface area contributed by atoms with Crippen molar-refractivity contribution >= 4 is 17.7 Å². The summed E-state index contributed by atoms with van der Waals surface area (Å²) < 4.78 is 0. The molecule has 0 saturated heterocycles. The van der Waals surface area contributed by atoms with Gasteiger partial charge in [-0.1, -0.05) is 35.9 Å². The molecule has 2 aromatic rings. The van der Waals surface area contributed by atoms with Crippen molar-refractivity contribution in [1.29, 1.82) is 0 Å². The van der Waals surface area contributed by atoms with Crippen LogP contribution in [0.25, 0.3) is 0 Å².